The van der Waals surface area contributed by atoms with Crippen molar-refractivity contribution >= 4 is 5.82 Å². The zero-order valence-electron chi connectivity index (χ0n) is 12.5. The largest absolute Gasteiger partial charge is 0.390 e. The van der Waals surface area contributed by atoms with Crippen LogP contribution in [0.25, 0.3) is 0 Å². The van der Waals surface area contributed by atoms with Crippen molar-refractivity contribution in [2.45, 2.75) is 44.8 Å². The van der Waals surface area contributed by atoms with E-state index in [1.54, 1.807) is 6.33 Å². The second kappa shape index (κ2) is 5.64. The van der Waals surface area contributed by atoms with E-state index < -0.39 is 0 Å². The molecule has 3 heterocycles. The number of aryl methyl sites for hydroxylation is 1. The van der Waals surface area contributed by atoms with Crippen molar-refractivity contribution in [3.8, 4) is 0 Å². The van der Waals surface area contributed by atoms with Gasteiger partial charge in [0.2, 0.25) is 0 Å². The minimum absolute atomic E-state index is 0.0597. The molecule has 0 bridgehead atoms. The van der Waals surface area contributed by atoms with Crippen molar-refractivity contribution in [3.63, 3.8) is 0 Å². The number of hydrogen-bond acceptors (Lipinski definition) is 6. The Morgan fingerprint density at radius 2 is 2.18 bits per heavy atom. The first-order valence-corrected chi connectivity index (χ1v) is 7.94. The number of aromatic nitrogens is 5. The van der Waals surface area contributed by atoms with E-state index in [9.17, 15) is 0 Å². The molecule has 1 atom stereocenters. The first-order valence-electron chi connectivity index (χ1n) is 7.94. The molecular formula is C15H20N6O. The predicted molar refractivity (Wildman–Crippen MR) is 80.5 cm³/mol. The SMILES string of the molecule is OCc1cn(C2CCCN(c3ncnc4c3CCC4)C2)nn1. The topological polar surface area (TPSA) is 80.0 Å². The van der Waals surface area contributed by atoms with E-state index in [-0.39, 0.29) is 12.6 Å². The van der Waals surface area contributed by atoms with Crippen LogP contribution in [0.1, 0.15) is 42.3 Å². The van der Waals surface area contributed by atoms with Crippen LogP contribution in [0.5, 0.6) is 0 Å². The van der Waals surface area contributed by atoms with Crippen LogP contribution < -0.4 is 4.90 Å². The molecule has 7 nitrogen and oxygen atoms in total. The number of aliphatic hydroxyl groups excluding tert-OH is 1. The summed E-state index contributed by atoms with van der Waals surface area (Å²) in [5.74, 6) is 1.11. The third-order valence-electron chi connectivity index (χ3n) is 4.64. The van der Waals surface area contributed by atoms with Crippen molar-refractivity contribution in [3.05, 3.63) is 29.5 Å². The van der Waals surface area contributed by atoms with Crippen LogP contribution in [-0.4, -0.2) is 43.2 Å². The molecule has 7 heteroatoms. The van der Waals surface area contributed by atoms with Crippen LogP contribution in [0, 0.1) is 0 Å². The average Bonchev–Trinajstić information content (AvgIpc) is 3.23. The Hall–Kier alpha value is -2.02. The monoisotopic (exact) mass is 300 g/mol. The second-order valence-corrected chi connectivity index (χ2v) is 6.07. The molecule has 1 aliphatic carbocycles. The van der Waals surface area contributed by atoms with E-state index in [0.29, 0.717) is 5.69 Å². The lowest BCUT2D eigenvalue weighted by atomic mass is 10.0. The molecule has 0 radical (unpaired) electrons. The maximum absolute atomic E-state index is 9.14. The molecule has 1 unspecified atom stereocenters. The number of nitrogens with zero attached hydrogens (tertiary/aromatic N) is 6. The van der Waals surface area contributed by atoms with Crippen LogP contribution in [0.4, 0.5) is 5.82 Å². The van der Waals surface area contributed by atoms with Gasteiger partial charge in [-0.3, -0.25) is 0 Å². The van der Waals surface area contributed by atoms with Crippen LogP contribution in [0.3, 0.4) is 0 Å². The maximum Gasteiger partial charge on any atom is 0.135 e. The highest BCUT2D eigenvalue weighted by Crippen LogP contribution is 2.31. The summed E-state index contributed by atoms with van der Waals surface area (Å²) in [6.45, 7) is 1.86. The third-order valence-corrected chi connectivity index (χ3v) is 4.64. The lowest BCUT2D eigenvalue weighted by Crippen LogP contribution is -2.38. The van der Waals surface area contributed by atoms with Crippen molar-refractivity contribution in [2.75, 3.05) is 18.0 Å². The van der Waals surface area contributed by atoms with Gasteiger partial charge in [-0.2, -0.15) is 0 Å². The minimum Gasteiger partial charge on any atom is -0.390 e. The molecule has 2 aromatic rings. The van der Waals surface area contributed by atoms with Gasteiger partial charge in [0.25, 0.3) is 0 Å². The fourth-order valence-electron chi connectivity index (χ4n) is 3.54. The van der Waals surface area contributed by atoms with Gasteiger partial charge in [0, 0.05) is 24.3 Å². The van der Waals surface area contributed by atoms with Crippen molar-refractivity contribution < 1.29 is 5.11 Å². The lowest BCUT2D eigenvalue weighted by Gasteiger charge is -2.34. The summed E-state index contributed by atoms with van der Waals surface area (Å²) in [5.41, 5.74) is 3.17. The molecule has 2 aromatic heterocycles. The number of anilines is 1. The van der Waals surface area contributed by atoms with E-state index in [0.717, 1.165) is 44.6 Å². The van der Waals surface area contributed by atoms with Gasteiger partial charge in [0.1, 0.15) is 17.8 Å². The Bertz CT molecular complexity index is 670. The Morgan fingerprint density at radius 3 is 3.05 bits per heavy atom. The standard InChI is InChI=1S/C15H20N6O/c22-9-11-7-21(19-18-11)12-3-2-6-20(8-12)15-13-4-1-5-14(13)16-10-17-15/h7,10,12,22H,1-6,8-9H2. The molecule has 0 spiro atoms. The summed E-state index contributed by atoms with van der Waals surface area (Å²) in [7, 11) is 0. The highest BCUT2D eigenvalue weighted by molar-refractivity contribution is 5.50. The van der Waals surface area contributed by atoms with E-state index in [1.807, 2.05) is 10.9 Å². The van der Waals surface area contributed by atoms with Crippen LogP contribution in [0.15, 0.2) is 12.5 Å². The quantitative estimate of drug-likeness (QED) is 0.907. The van der Waals surface area contributed by atoms with E-state index in [2.05, 4.69) is 25.2 Å². The average molecular weight is 300 g/mol. The van der Waals surface area contributed by atoms with Crippen molar-refractivity contribution in [2.24, 2.45) is 0 Å². The van der Waals surface area contributed by atoms with Crippen molar-refractivity contribution in [1.29, 1.82) is 0 Å². The van der Waals surface area contributed by atoms with Crippen LogP contribution >= 0.6 is 0 Å². The lowest BCUT2D eigenvalue weighted by molar-refractivity contribution is 0.276. The fourth-order valence-corrected chi connectivity index (χ4v) is 3.54. The van der Waals surface area contributed by atoms with E-state index in [1.165, 1.54) is 17.7 Å². The van der Waals surface area contributed by atoms with Gasteiger partial charge in [-0.15, -0.1) is 5.10 Å². The Kier molecular flexibility index (Phi) is 3.49. The van der Waals surface area contributed by atoms with Gasteiger partial charge in [-0.05, 0) is 32.1 Å². The minimum atomic E-state index is -0.0597. The van der Waals surface area contributed by atoms with Gasteiger partial charge in [0.05, 0.1) is 18.8 Å². The molecule has 1 N–H and O–H groups in total. The van der Waals surface area contributed by atoms with Gasteiger partial charge in [-0.1, -0.05) is 5.21 Å². The summed E-state index contributed by atoms with van der Waals surface area (Å²) in [4.78, 5) is 11.3. The van der Waals surface area contributed by atoms with E-state index in [4.69, 9.17) is 5.11 Å². The van der Waals surface area contributed by atoms with Gasteiger partial charge >= 0.3 is 0 Å². The highest BCUT2D eigenvalue weighted by atomic mass is 16.3. The Morgan fingerprint density at radius 1 is 1.23 bits per heavy atom. The van der Waals surface area contributed by atoms with E-state index >= 15 is 0 Å². The third kappa shape index (κ3) is 2.35. The molecule has 1 aliphatic heterocycles. The molecule has 2 aliphatic rings. The van der Waals surface area contributed by atoms with Crippen molar-refractivity contribution in [1.82, 2.24) is 25.0 Å². The van der Waals surface area contributed by atoms with Gasteiger partial charge in [0.15, 0.2) is 0 Å². The summed E-state index contributed by atoms with van der Waals surface area (Å²) < 4.78 is 1.89. The summed E-state index contributed by atoms with van der Waals surface area (Å²) in [6.07, 6.45) is 9.08. The summed E-state index contributed by atoms with van der Waals surface area (Å²) >= 11 is 0. The molecule has 0 saturated carbocycles. The normalized spacial score (nSPS) is 21.1. The number of rotatable bonds is 3. The number of fused-ring (bicyclic) bond motifs is 1. The smallest absolute Gasteiger partial charge is 0.135 e. The molecular weight excluding hydrogens is 280 g/mol. The molecule has 1 fully saturated rings. The summed E-state index contributed by atoms with van der Waals surface area (Å²) in [5, 5.41) is 17.3. The fraction of sp³-hybridized carbons (Fsp3) is 0.600. The Labute approximate surface area is 129 Å². The predicted octanol–water partition coefficient (Wildman–Crippen LogP) is 0.891. The first-order chi connectivity index (χ1) is 10.8. The van der Waals surface area contributed by atoms with Gasteiger partial charge < -0.3 is 10.0 Å². The molecule has 1 saturated heterocycles. The number of piperidine rings is 1. The number of hydrogen-bond donors (Lipinski definition) is 1. The first kappa shape index (κ1) is 13.6. The zero-order chi connectivity index (χ0) is 14.9. The van der Waals surface area contributed by atoms with Gasteiger partial charge in [-0.25, -0.2) is 14.6 Å². The van der Waals surface area contributed by atoms with Crippen LogP contribution in [0.2, 0.25) is 0 Å². The Balaban J connectivity index is 1.57. The van der Waals surface area contributed by atoms with Crippen LogP contribution in [-0.2, 0) is 19.4 Å². The summed E-state index contributed by atoms with van der Waals surface area (Å²) in [6, 6.07) is 0.286. The molecule has 0 amide bonds. The zero-order valence-corrected chi connectivity index (χ0v) is 12.5. The molecule has 0 aromatic carbocycles. The molecule has 4 rings (SSSR count). The highest BCUT2D eigenvalue weighted by Gasteiger charge is 2.27. The number of aliphatic hydroxyl groups is 1. The molecule has 116 valence electrons. The molecule has 22 heavy (non-hydrogen) atoms. The maximum atomic E-state index is 9.14. The second-order valence-electron chi connectivity index (χ2n) is 6.07.